The molecule has 0 saturated carbocycles. The number of hydrogen-bond acceptors (Lipinski definition) is 5. The Morgan fingerprint density at radius 1 is 1.40 bits per heavy atom. The van der Waals surface area contributed by atoms with Crippen LogP contribution in [0.5, 0.6) is 0 Å². The fourth-order valence-corrected chi connectivity index (χ4v) is 2.87. The quantitative estimate of drug-likeness (QED) is 0.391. The van der Waals surface area contributed by atoms with Crippen molar-refractivity contribution in [1.29, 1.82) is 0 Å². The molecule has 0 aliphatic carbocycles. The number of carbonyl (C=O) groups is 1. The summed E-state index contributed by atoms with van der Waals surface area (Å²) in [4.78, 5) is 22.0. The fraction of sp³-hybridized carbons (Fsp3) is 0.500. The van der Waals surface area contributed by atoms with Crippen LogP contribution in [0.1, 0.15) is 24.2 Å². The number of rotatable bonds is 8. The van der Waals surface area contributed by atoms with E-state index in [-0.39, 0.29) is 24.7 Å². The molecule has 1 N–H and O–H groups in total. The number of nitrogens with zero attached hydrogens (tertiary/aromatic N) is 5. The van der Waals surface area contributed by atoms with E-state index in [9.17, 15) is 14.9 Å². The molecule has 136 valence electrons. The zero-order valence-corrected chi connectivity index (χ0v) is 16.2. The van der Waals surface area contributed by atoms with Crippen LogP contribution in [-0.2, 0) is 17.9 Å². The van der Waals surface area contributed by atoms with Crippen molar-refractivity contribution in [2.45, 2.75) is 39.8 Å². The predicted octanol–water partition coefficient (Wildman–Crippen LogP) is 2.62. The van der Waals surface area contributed by atoms with E-state index >= 15 is 0 Å². The molecule has 25 heavy (non-hydrogen) atoms. The van der Waals surface area contributed by atoms with Crippen LogP contribution in [0.2, 0.25) is 5.02 Å². The zero-order chi connectivity index (χ0) is 18.6. The van der Waals surface area contributed by atoms with Crippen LogP contribution in [0.15, 0.2) is 10.7 Å². The maximum atomic E-state index is 11.8. The standard InChI is InChI=1S/C14H18BrClN6O3/c1-9-13(16)10(2)21(18-9)6-3-5-17-12(23)4-7-20-8-11(15)14(19-20)22(24)25/h8H,3-7H2,1-2H3,(H,17,23). The lowest BCUT2D eigenvalue weighted by Crippen LogP contribution is -2.26. The number of nitro groups is 1. The third-order valence-corrected chi connectivity index (χ3v) is 4.71. The smallest absolute Gasteiger partial charge is 0.358 e. The maximum Gasteiger partial charge on any atom is 0.404 e. The molecule has 2 rings (SSSR count). The van der Waals surface area contributed by atoms with Gasteiger partial charge in [-0.1, -0.05) is 11.6 Å². The highest BCUT2D eigenvalue weighted by molar-refractivity contribution is 9.10. The first-order valence-corrected chi connectivity index (χ1v) is 8.80. The summed E-state index contributed by atoms with van der Waals surface area (Å²) in [7, 11) is 0. The minimum atomic E-state index is -0.577. The highest BCUT2D eigenvalue weighted by Gasteiger charge is 2.18. The van der Waals surface area contributed by atoms with Gasteiger partial charge in [-0.15, -0.1) is 0 Å². The molecule has 0 bridgehead atoms. The van der Waals surface area contributed by atoms with E-state index < -0.39 is 4.92 Å². The van der Waals surface area contributed by atoms with E-state index in [1.165, 1.54) is 10.9 Å². The van der Waals surface area contributed by atoms with Gasteiger partial charge in [0.05, 0.1) is 34.3 Å². The second-order valence-corrected chi connectivity index (χ2v) is 6.71. The van der Waals surface area contributed by atoms with Crippen LogP contribution in [0.3, 0.4) is 0 Å². The SMILES string of the molecule is Cc1nn(CCCNC(=O)CCn2cc(Br)c([N+](=O)[O-])n2)c(C)c1Cl. The van der Waals surface area contributed by atoms with Crippen molar-refractivity contribution < 1.29 is 9.72 Å². The van der Waals surface area contributed by atoms with E-state index in [1.807, 2.05) is 18.5 Å². The van der Waals surface area contributed by atoms with Gasteiger partial charge in [-0.25, -0.2) is 0 Å². The van der Waals surface area contributed by atoms with Crippen molar-refractivity contribution in [3.8, 4) is 0 Å². The highest BCUT2D eigenvalue weighted by atomic mass is 79.9. The Morgan fingerprint density at radius 2 is 2.12 bits per heavy atom. The molecular formula is C14H18BrClN6O3. The summed E-state index contributed by atoms with van der Waals surface area (Å²) in [6.45, 7) is 5.20. The van der Waals surface area contributed by atoms with Crippen molar-refractivity contribution in [3.63, 3.8) is 0 Å². The predicted molar refractivity (Wildman–Crippen MR) is 95.5 cm³/mol. The van der Waals surface area contributed by atoms with Gasteiger partial charge < -0.3 is 15.4 Å². The Morgan fingerprint density at radius 3 is 2.68 bits per heavy atom. The number of hydrogen-bond donors (Lipinski definition) is 1. The summed E-state index contributed by atoms with van der Waals surface area (Å²) < 4.78 is 3.49. The van der Waals surface area contributed by atoms with Gasteiger partial charge in [0.2, 0.25) is 5.91 Å². The van der Waals surface area contributed by atoms with Crippen molar-refractivity contribution in [2.24, 2.45) is 0 Å². The van der Waals surface area contributed by atoms with Gasteiger partial charge in [0.1, 0.15) is 4.47 Å². The van der Waals surface area contributed by atoms with Crippen molar-refractivity contribution in [2.75, 3.05) is 6.54 Å². The van der Waals surface area contributed by atoms with Crippen molar-refractivity contribution in [3.05, 3.63) is 37.2 Å². The van der Waals surface area contributed by atoms with Gasteiger partial charge in [-0.2, -0.15) is 9.78 Å². The molecule has 1 amide bonds. The van der Waals surface area contributed by atoms with E-state index in [4.69, 9.17) is 11.6 Å². The van der Waals surface area contributed by atoms with Crippen LogP contribution in [0, 0.1) is 24.0 Å². The number of halogens is 2. The molecule has 9 nitrogen and oxygen atoms in total. The van der Waals surface area contributed by atoms with Gasteiger partial charge in [0, 0.05) is 19.5 Å². The molecule has 0 radical (unpaired) electrons. The number of aryl methyl sites for hydroxylation is 3. The van der Waals surface area contributed by atoms with Gasteiger partial charge >= 0.3 is 5.82 Å². The van der Waals surface area contributed by atoms with Gasteiger partial charge in [-0.05, 0) is 41.1 Å². The van der Waals surface area contributed by atoms with Crippen LogP contribution in [0.4, 0.5) is 5.82 Å². The van der Waals surface area contributed by atoms with Crippen LogP contribution >= 0.6 is 27.5 Å². The first-order chi connectivity index (χ1) is 11.8. The minimum absolute atomic E-state index is 0.138. The van der Waals surface area contributed by atoms with E-state index in [2.05, 4.69) is 31.4 Å². The molecule has 0 atom stereocenters. The summed E-state index contributed by atoms with van der Waals surface area (Å²) >= 11 is 9.15. The third kappa shape index (κ3) is 5.02. The normalized spacial score (nSPS) is 10.9. The average Bonchev–Trinajstić information content (AvgIpc) is 3.05. The Kier molecular flexibility index (Phi) is 6.54. The fourth-order valence-electron chi connectivity index (χ4n) is 2.28. The Labute approximate surface area is 157 Å². The summed E-state index contributed by atoms with van der Waals surface area (Å²) in [6, 6.07) is 0. The molecule has 0 spiro atoms. The number of amides is 1. The Bertz CT molecular complexity index is 788. The van der Waals surface area contributed by atoms with Gasteiger partial charge in [-0.3, -0.25) is 9.48 Å². The van der Waals surface area contributed by atoms with E-state index in [1.54, 1.807) is 0 Å². The van der Waals surface area contributed by atoms with Crippen molar-refractivity contribution in [1.82, 2.24) is 24.9 Å². The topological polar surface area (TPSA) is 108 Å². The Balaban J connectivity index is 1.71. The van der Waals surface area contributed by atoms with Crippen LogP contribution < -0.4 is 5.32 Å². The minimum Gasteiger partial charge on any atom is -0.358 e. The highest BCUT2D eigenvalue weighted by Crippen LogP contribution is 2.22. The largest absolute Gasteiger partial charge is 0.404 e. The average molecular weight is 434 g/mol. The lowest BCUT2D eigenvalue weighted by molar-refractivity contribution is -0.390. The molecular weight excluding hydrogens is 416 g/mol. The number of carbonyl (C=O) groups excluding carboxylic acids is 1. The van der Waals surface area contributed by atoms with Crippen LogP contribution in [-0.4, -0.2) is 36.9 Å². The number of aromatic nitrogens is 4. The van der Waals surface area contributed by atoms with Crippen LogP contribution in [0.25, 0.3) is 0 Å². The van der Waals surface area contributed by atoms with Crippen molar-refractivity contribution >= 4 is 39.3 Å². The summed E-state index contributed by atoms with van der Waals surface area (Å²) in [5.41, 5.74) is 1.71. The molecule has 0 fully saturated rings. The summed E-state index contributed by atoms with van der Waals surface area (Å²) in [5.74, 6) is -0.398. The molecule has 11 heteroatoms. The third-order valence-electron chi connectivity index (χ3n) is 3.60. The monoisotopic (exact) mass is 432 g/mol. The van der Waals surface area contributed by atoms with Gasteiger partial charge in [0.15, 0.2) is 0 Å². The molecule has 2 aromatic rings. The van der Waals surface area contributed by atoms with E-state index in [0.29, 0.717) is 22.6 Å². The lowest BCUT2D eigenvalue weighted by atomic mass is 10.3. The molecule has 0 unspecified atom stereocenters. The molecule has 2 heterocycles. The Hall–Kier alpha value is -1.94. The molecule has 0 aromatic carbocycles. The molecule has 0 aliphatic rings. The van der Waals surface area contributed by atoms with Gasteiger partial charge in [0.25, 0.3) is 0 Å². The molecule has 0 aliphatic heterocycles. The first kappa shape index (κ1) is 19.4. The van der Waals surface area contributed by atoms with E-state index in [0.717, 1.165) is 17.8 Å². The second-order valence-electron chi connectivity index (χ2n) is 5.48. The molecule has 2 aromatic heterocycles. The first-order valence-electron chi connectivity index (χ1n) is 7.63. The molecule has 0 saturated heterocycles. The second kappa shape index (κ2) is 8.43. The zero-order valence-electron chi connectivity index (χ0n) is 13.8. The maximum absolute atomic E-state index is 11.8. The summed E-state index contributed by atoms with van der Waals surface area (Å²) in [6.07, 6.45) is 2.40. The lowest BCUT2D eigenvalue weighted by Gasteiger charge is -2.06. The number of nitrogens with one attached hydrogen (secondary N) is 1. The summed E-state index contributed by atoms with van der Waals surface area (Å²) in [5, 5.41) is 22.3.